The maximum atomic E-state index is 14.2. The maximum Gasteiger partial charge on any atom is 0.247 e. The third-order valence-corrected chi connectivity index (χ3v) is 6.13. The lowest BCUT2D eigenvalue weighted by atomic mass is 10.2. The number of carbonyl (C=O) groups excluding carboxylic acids is 1. The van der Waals surface area contributed by atoms with Crippen LogP contribution in [-0.4, -0.2) is 32.7 Å². The number of halogens is 1. The van der Waals surface area contributed by atoms with Gasteiger partial charge in [-0.15, -0.1) is 0 Å². The van der Waals surface area contributed by atoms with Crippen molar-refractivity contribution in [2.45, 2.75) is 44.8 Å². The van der Waals surface area contributed by atoms with Gasteiger partial charge in [-0.2, -0.15) is 0 Å². The lowest BCUT2D eigenvalue weighted by molar-refractivity contribution is -0.116. The van der Waals surface area contributed by atoms with Gasteiger partial charge < -0.3 is 10.1 Å². The van der Waals surface area contributed by atoms with Crippen molar-refractivity contribution in [2.24, 2.45) is 0 Å². The summed E-state index contributed by atoms with van der Waals surface area (Å²) in [5, 5.41) is 2.68. The number of nitrogens with one attached hydrogen (secondary N) is 1. The first-order valence-corrected chi connectivity index (χ1v) is 11.4. The largest absolute Gasteiger partial charge is 0.490 e. The lowest BCUT2D eigenvalue weighted by Gasteiger charge is -2.28. The van der Waals surface area contributed by atoms with Gasteiger partial charge in [-0.25, -0.2) is 12.8 Å². The van der Waals surface area contributed by atoms with Gasteiger partial charge in [0.2, 0.25) is 15.9 Å². The highest BCUT2D eigenvalue weighted by atomic mass is 32.2. The quantitative estimate of drug-likeness (QED) is 0.736. The molecule has 1 N–H and O–H groups in total. The fourth-order valence-electron chi connectivity index (χ4n) is 3.47. The molecule has 1 fully saturated rings. The van der Waals surface area contributed by atoms with Crippen LogP contribution in [0.1, 0.15) is 32.6 Å². The number of hydrogen-bond acceptors (Lipinski definition) is 4. The van der Waals surface area contributed by atoms with Crippen molar-refractivity contribution in [3.63, 3.8) is 0 Å². The van der Waals surface area contributed by atoms with Gasteiger partial charge in [-0.3, -0.25) is 9.10 Å². The molecule has 1 amide bonds. The highest BCUT2D eigenvalue weighted by Gasteiger charge is 2.31. The second kappa shape index (κ2) is 8.82. The van der Waals surface area contributed by atoms with E-state index >= 15 is 0 Å². The van der Waals surface area contributed by atoms with Crippen LogP contribution in [0.4, 0.5) is 15.8 Å². The van der Waals surface area contributed by atoms with Crippen LogP contribution in [0.5, 0.6) is 5.75 Å². The Morgan fingerprint density at radius 3 is 2.34 bits per heavy atom. The van der Waals surface area contributed by atoms with Crippen molar-refractivity contribution in [2.75, 3.05) is 15.9 Å². The normalized spacial score (nSPS) is 15.7. The minimum absolute atomic E-state index is 0.169. The summed E-state index contributed by atoms with van der Waals surface area (Å²) in [6.45, 7) is 1.42. The molecule has 1 atom stereocenters. The number of para-hydroxylation sites is 1. The van der Waals surface area contributed by atoms with Crippen LogP contribution >= 0.6 is 0 Å². The van der Waals surface area contributed by atoms with Crippen LogP contribution < -0.4 is 14.4 Å². The Kier molecular flexibility index (Phi) is 6.42. The molecule has 29 heavy (non-hydrogen) atoms. The van der Waals surface area contributed by atoms with Crippen LogP contribution in [0.3, 0.4) is 0 Å². The van der Waals surface area contributed by atoms with Gasteiger partial charge in [0.1, 0.15) is 17.6 Å². The Labute approximate surface area is 170 Å². The summed E-state index contributed by atoms with van der Waals surface area (Å²) in [5.41, 5.74) is 0.334. The van der Waals surface area contributed by atoms with E-state index < -0.39 is 27.8 Å². The Morgan fingerprint density at radius 1 is 1.14 bits per heavy atom. The Bertz CT molecular complexity index is 957. The molecule has 0 radical (unpaired) electrons. The van der Waals surface area contributed by atoms with E-state index in [0.717, 1.165) is 35.2 Å². The molecule has 0 aliphatic heterocycles. The smallest absolute Gasteiger partial charge is 0.247 e. The lowest BCUT2D eigenvalue weighted by Crippen LogP contribution is -2.45. The second-order valence-corrected chi connectivity index (χ2v) is 9.08. The zero-order valence-electron chi connectivity index (χ0n) is 16.5. The molecule has 0 aromatic heterocycles. The number of nitrogens with zero attached hydrogens (tertiary/aromatic N) is 1. The molecule has 8 heteroatoms. The van der Waals surface area contributed by atoms with Crippen LogP contribution in [0.2, 0.25) is 0 Å². The zero-order valence-corrected chi connectivity index (χ0v) is 17.3. The third-order valence-electron chi connectivity index (χ3n) is 4.91. The summed E-state index contributed by atoms with van der Waals surface area (Å²) in [7, 11) is -3.88. The molecule has 0 spiro atoms. The van der Waals surface area contributed by atoms with E-state index in [9.17, 15) is 17.6 Å². The van der Waals surface area contributed by atoms with Gasteiger partial charge >= 0.3 is 0 Å². The number of rotatable bonds is 7. The summed E-state index contributed by atoms with van der Waals surface area (Å²) in [5.74, 6) is -0.554. The Morgan fingerprint density at radius 2 is 1.76 bits per heavy atom. The molecule has 0 saturated heterocycles. The number of anilines is 2. The van der Waals surface area contributed by atoms with E-state index in [1.165, 1.54) is 38.0 Å². The van der Waals surface area contributed by atoms with Gasteiger partial charge in [0.15, 0.2) is 0 Å². The average Bonchev–Trinajstić information content (AvgIpc) is 3.17. The number of benzene rings is 2. The molecule has 0 unspecified atom stereocenters. The van der Waals surface area contributed by atoms with Crippen molar-refractivity contribution in [3.8, 4) is 5.75 Å². The summed E-state index contributed by atoms with van der Waals surface area (Å²) in [6.07, 6.45) is 5.63. The van der Waals surface area contributed by atoms with Crippen molar-refractivity contribution in [1.82, 2.24) is 0 Å². The zero-order chi connectivity index (χ0) is 21.0. The predicted octanol–water partition coefficient (Wildman–Crippen LogP) is 3.94. The van der Waals surface area contributed by atoms with Crippen molar-refractivity contribution < 1.29 is 22.3 Å². The van der Waals surface area contributed by atoms with Crippen molar-refractivity contribution in [1.29, 1.82) is 0 Å². The Hall–Kier alpha value is -2.61. The van der Waals surface area contributed by atoms with E-state index in [1.807, 2.05) is 0 Å². The van der Waals surface area contributed by atoms with Crippen LogP contribution in [0.15, 0.2) is 48.5 Å². The predicted molar refractivity (Wildman–Crippen MR) is 111 cm³/mol. The van der Waals surface area contributed by atoms with E-state index in [0.29, 0.717) is 5.69 Å². The fraction of sp³-hybridized carbons (Fsp3) is 0.381. The molecule has 0 bridgehead atoms. The molecule has 1 saturated carbocycles. The molecular weight excluding hydrogens is 395 g/mol. The number of hydrogen-bond donors (Lipinski definition) is 1. The number of carbonyl (C=O) groups is 1. The van der Waals surface area contributed by atoms with Gasteiger partial charge in [-0.05, 0) is 69.0 Å². The van der Waals surface area contributed by atoms with E-state index in [-0.39, 0.29) is 11.8 Å². The van der Waals surface area contributed by atoms with Gasteiger partial charge in [0, 0.05) is 5.69 Å². The standard InChI is InChI=1S/C21H25FN2O4S/c1-15(24(29(2,26)27)20-10-6-5-9-19(20)22)21(25)23-16-11-13-18(14-12-16)28-17-7-3-4-8-17/h5-6,9-15,17H,3-4,7-8H2,1-2H3,(H,23,25)/t15-/m0/s1. The van der Waals surface area contributed by atoms with Crippen LogP contribution in [-0.2, 0) is 14.8 Å². The molecule has 156 valence electrons. The van der Waals surface area contributed by atoms with E-state index in [4.69, 9.17) is 4.74 Å². The maximum absolute atomic E-state index is 14.2. The molecule has 2 aromatic carbocycles. The van der Waals surface area contributed by atoms with Crippen LogP contribution in [0.25, 0.3) is 0 Å². The monoisotopic (exact) mass is 420 g/mol. The van der Waals surface area contributed by atoms with Gasteiger partial charge in [0.05, 0.1) is 18.0 Å². The number of ether oxygens (including phenoxy) is 1. The second-order valence-electron chi connectivity index (χ2n) is 7.22. The van der Waals surface area contributed by atoms with Gasteiger partial charge in [-0.1, -0.05) is 12.1 Å². The third kappa shape index (κ3) is 5.26. The fourth-order valence-corrected chi connectivity index (χ4v) is 4.65. The Balaban J connectivity index is 1.72. The average molecular weight is 421 g/mol. The van der Waals surface area contributed by atoms with Crippen molar-refractivity contribution in [3.05, 3.63) is 54.3 Å². The first-order chi connectivity index (χ1) is 13.8. The summed E-state index contributed by atoms with van der Waals surface area (Å²) in [4.78, 5) is 12.7. The first kappa shape index (κ1) is 21.1. The molecule has 1 aliphatic rings. The summed E-state index contributed by atoms with van der Waals surface area (Å²) >= 11 is 0. The number of amides is 1. The minimum atomic E-state index is -3.88. The summed E-state index contributed by atoms with van der Waals surface area (Å²) < 4.78 is 45.4. The first-order valence-electron chi connectivity index (χ1n) is 9.57. The van der Waals surface area contributed by atoms with E-state index in [2.05, 4.69) is 5.32 Å². The SMILES string of the molecule is C[C@@H](C(=O)Nc1ccc(OC2CCCC2)cc1)N(c1ccccc1F)S(C)(=O)=O. The molecule has 1 aliphatic carbocycles. The molecule has 2 aromatic rings. The highest BCUT2D eigenvalue weighted by molar-refractivity contribution is 7.92. The van der Waals surface area contributed by atoms with Crippen molar-refractivity contribution >= 4 is 27.3 Å². The van der Waals surface area contributed by atoms with Crippen LogP contribution in [0, 0.1) is 5.82 Å². The van der Waals surface area contributed by atoms with Gasteiger partial charge in [0.25, 0.3) is 0 Å². The van der Waals surface area contributed by atoms with E-state index in [1.54, 1.807) is 24.3 Å². The number of sulfonamides is 1. The minimum Gasteiger partial charge on any atom is -0.490 e. The molecule has 6 nitrogen and oxygen atoms in total. The highest BCUT2D eigenvalue weighted by Crippen LogP contribution is 2.26. The summed E-state index contributed by atoms with van der Waals surface area (Å²) in [6, 6.07) is 11.2. The molecular formula is C21H25FN2O4S. The molecule has 0 heterocycles. The molecule has 3 rings (SSSR count). The topological polar surface area (TPSA) is 75.7 Å².